The molecule has 1 heterocycles. The van der Waals surface area contributed by atoms with Crippen molar-refractivity contribution in [2.24, 2.45) is 5.73 Å². The Morgan fingerprint density at radius 2 is 2.31 bits per heavy atom. The van der Waals surface area contributed by atoms with Crippen molar-refractivity contribution in [2.45, 2.75) is 19.3 Å². The summed E-state index contributed by atoms with van der Waals surface area (Å²) in [5.74, 6) is -0.816. The van der Waals surface area contributed by atoms with E-state index < -0.39 is 5.82 Å². The highest BCUT2D eigenvalue weighted by atomic mass is 19.1. The van der Waals surface area contributed by atoms with Gasteiger partial charge in [-0.05, 0) is 24.9 Å². The van der Waals surface area contributed by atoms with Crippen LogP contribution >= 0.6 is 0 Å². The van der Waals surface area contributed by atoms with Gasteiger partial charge in [0, 0.05) is 5.56 Å². The quantitative estimate of drug-likeness (QED) is 0.825. The zero-order valence-electron chi connectivity index (χ0n) is 9.00. The lowest BCUT2D eigenvalue weighted by molar-refractivity contribution is 0.170. The van der Waals surface area contributed by atoms with Crippen molar-refractivity contribution in [1.82, 2.24) is 0 Å². The standard InChI is InChI=1S/C11H14FNO3/c1-6(2-3-13)7-4-8-11(16-5-15-8)9(12)10(7)14/h4,6,14H,2-3,5,13H2,1H3. The second-order valence-corrected chi connectivity index (χ2v) is 3.84. The van der Waals surface area contributed by atoms with E-state index in [1.807, 2.05) is 6.92 Å². The van der Waals surface area contributed by atoms with Crippen LogP contribution in [0, 0.1) is 5.82 Å². The fourth-order valence-electron chi connectivity index (χ4n) is 1.79. The molecule has 88 valence electrons. The van der Waals surface area contributed by atoms with E-state index in [0.29, 0.717) is 24.3 Å². The lowest BCUT2D eigenvalue weighted by atomic mass is 9.96. The largest absolute Gasteiger partial charge is 0.505 e. The van der Waals surface area contributed by atoms with Crippen molar-refractivity contribution < 1.29 is 19.0 Å². The highest BCUT2D eigenvalue weighted by Crippen LogP contribution is 2.43. The molecule has 0 fully saturated rings. The van der Waals surface area contributed by atoms with E-state index in [0.717, 1.165) is 0 Å². The molecule has 0 spiro atoms. The summed E-state index contributed by atoms with van der Waals surface area (Å²) in [6.45, 7) is 2.35. The van der Waals surface area contributed by atoms with Crippen LogP contribution in [0.3, 0.4) is 0 Å². The summed E-state index contributed by atoms with van der Waals surface area (Å²) in [4.78, 5) is 0. The summed E-state index contributed by atoms with van der Waals surface area (Å²) >= 11 is 0. The lowest BCUT2D eigenvalue weighted by Crippen LogP contribution is -2.05. The number of hydrogen-bond donors (Lipinski definition) is 2. The average Bonchev–Trinajstić information content (AvgIpc) is 2.71. The molecule has 1 unspecified atom stereocenters. The van der Waals surface area contributed by atoms with E-state index in [1.165, 1.54) is 0 Å². The fourth-order valence-corrected chi connectivity index (χ4v) is 1.79. The second kappa shape index (κ2) is 4.17. The van der Waals surface area contributed by atoms with Crippen LogP contribution in [0.4, 0.5) is 4.39 Å². The van der Waals surface area contributed by atoms with Crippen molar-refractivity contribution in [3.8, 4) is 17.2 Å². The van der Waals surface area contributed by atoms with Gasteiger partial charge in [-0.15, -0.1) is 0 Å². The zero-order chi connectivity index (χ0) is 11.7. The number of phenolic OH excluding ortho intramolecular Hbond substituents is 1. The van der Waals surface area contributed by atoms with Crippen LogP contribution in [0.1, 0.15) is 24.8 Å². The van der Waals surface area contributed by atoms with Crippen LogP contribution in [-0.2, 0) is 0 Å². The third-order valence-corrected chi connectivity index (χ3v) is 2.74. The Morgan fingerprint density at radius 3 is 3.00 bits per heavy atom. The third-order valence-electron chi connectivity index (χ3n) is 2.74. The van der Waals surface area contributed by atoms with E-state index in [1.54, 1.807) is 6.07 Å². The minimum Gasteiger partial charge on any atom is -0.505 e. The molecule has 0 radical (unpaired) electrons. The summed E-state index contributed by atoms with van der Waals surface area (Å²) in [5.41, 5.74) is 5.94. The highest BCUT2D eigenvalue weighted by molar-refractivity contribution is 5.53. The SMILES string of the molecule is CC(CCN)c1cc2c(c(F)c1O)OCO2. The van der Waals surface area contributed by atoms with Gasteiger partial charge >= 0.3 is 0 Å². The monoisotopic (exact) mass is 227 g/mol. The molecular formula is C11H14FNO3. The topological polar surface area (TPSA) is 64.7 Å². The number of benzene rings is 1. The molecule has 1 aliphatic rings. The number of phenols is 1. The van der Waals surface area contributed by atoms with Gasteiger partial charge in [0.25, 0.3) is 0 Å². The molecule has 0 aromatic heterocycles. The molecule has 5 heteroatoms. The van der Waals surface area contributed by atoms with Gasteiger partial charge in [-0.3, -0.25) is 0 Å². The maximum atomic E-state index is 13.7. The number of hydrogen-bond acceptors (Lipinski definition) is 4. The highest BCUT2D eigenvalue weighted by Gasteiger charge is 2.26. The Bertz CT molecular complexity index is 409. The molecule has 1 aliphatic heterocycles. The molecule has 1 aromatic rings. The smallest absolute Gasteiger partial charge is 0.231 e. The Morgan fingerprint density at radius 1 is 1.56 bits per heavy atom. The molecule has 0 amide bonds. The van der Waals surface area contributed by atoms with Crippen molar-refractivity contribution in [1.29, 1.82) is 0 Å². The molecule has 2 rings (SSSR count). The molecular weight excluding hydrogens is 213 g/mol. The number of fused-ring (bicyclic) bond motifs is 1. The number of ether oxygens (including phenoxy) is 2. The zero-order valence-corrected chi connectivity index (χ0v) is 9.00. The van der Waals surface area contributed by atoms with Gasteiger partial charge in [0.2, 0.25) is 18.4 Å². The van der Waals surface area contributed by atoms with Crippen molar-refractivity contribution in [3.63, 3.8) is 0 Å². The number of aromatic hydroxyl groups is 1. The summed E-state index contributed by atoms with van der Waals surface area (Å²) in [7, 11) is 0. The van der Waals surface area contributed by atoms with Gasteiger partial charge in [0.15, 0.2) is 11.5 Å². The van der Waals surface area contributed by atoms with Crippen molar-refractivity contribution in [3.05, 3.63) is 17.4 Å². The van der Waals surface area contributed by atoms with Crippen LogP contribution in [0.15, 0.2) is 6.07 Å². The van der Waals surface area contributed by atoms with Crippen LogP contribution in [0.2, 0.25) is 0 Å². The molecule has 0 saturated carbocycles. The number of rotatable bonds is 3. The predicted octanol–water partition coefficient (Wildman–Crippen LogP) is 1.71. The first-order chi connectivity index (χ1) is 7.65. The van der Waals surface area contributed by atoms with E-state index in [-0.39, 0.29) is 24.2 Å². The maximum Gasteiger partial charge on any atom is 0.231 e. The van der Waals surface area contributed by atoms with Gasteiger partial charge in [-0.1, -0.05) is 6.92 Å². The summed E-state index contributed by atoms with van der Waals surface area (Å²) in [6.07, 6.45) is 0.673. The number of nitrogens with two attached hydrogens (primary N) is 1. The minimum atomic E-state index is -0.756. The minimum absolute atomic E-state index is 0.0128. The molecule has 16 heavy (non-hydrogen) atoms. The van der Waals surface area contributed by atoms with E-state index in [9.17, 15) is 9.50 Å². The van der Waals surface area contributed by atoms with E-state index in [2.05, 4.69) is 0 Å². The van der Waals surface area contributed by atoms with Crippen molar-refractivity contribution >= 4 is 0 Å². The van der Waals surface area contributed by atoms with Gasteiger partial charge < -0.3 is 20.3 Å². The normalized spacial score (nSPS) is 15.2. The van der Waals surface area contributed by atoms with E-state index in [4.69, 9.17) is 15.2 Å². The van der Waals surface area contributed by atoms with Crippen LogP contribution in [-0.4, -0.2) is 18.4 Å². The third kappa shape index (κ3) is 1.67. The first-order valence-corrected chi connectivity index (χ1v) is 5.16. The maximum absolute atomic E-state index is 13.7. The first-order valence-electron chi connectivity index (χ1n) is 5.16. The first kappa shape index (κ1) is 11.0. The molecule has 4 nitrogen and oxygen atoms in total. The van der Waals surface area contributed by atoms with Crippen LogP contribution in [0.5, 0.6) is 17.2 Å². The number of halogens is 1. The Balaban J connectivity index is 2.43. The predicted molar refractivity (Wildman–Crippen MR) is 56.3 cm³/mol. The van der Waals surface area contributed by atoms with Gasteiger partial charge in [-0.25, -0.2) is 0 Å². The molecule has 3 N–H and O–H groups in total. The second-order valence-electron chi connectivity index (χ2n) is 3.84. The van der Waals surface area contributed by atoms with Gasteiger partial charge in [0.05, 0.1) is 0 Å². The molecule has 0 saturated heterocycles. The molecule has 1 atom stereocenters. The van der Waals surface area contributed by atoms with Crippen LogP contribution in [0.25, 0.3) is 0 Å². The Labute approximate surface area is 92.8 Å². The summed E-state index contributed by atoms with van der Waals surface area (Å²) in [5, 5.41) is 9.71. The molecule has 0 aliphatic carbocycles. The summed E-state index contributed by atoms with van der Waals surface area (Å²) < 4.78 is 23.7. The average molecular weight is 227 g/mol. The molecule has 1 aromatic carbocycles. The summed E-state index contributed by atoms with van der Waals surface area (Å²) in [6, 6.07) is 1.61. The Hall–Kier alpha value is -1.49. The van der Waals surface area contributed by atoms with Gasteiger partial charge in [-0.2, -0.15) is 4.39 Å². The lowest BCUT2D eigenvalue weighted by Gasteiger charge is -2.13. The van der Waals surface area contributed by atoms with E-state index >= 15 is 0 Å². The molecule has 0 bridgehead atoms. The Kier molecular flexibility index (Phi) is 2.87. The fraction of sp³-hybridized carbons (Fsp3) is 0.455. The van der Waals surface area contributed by atoms with Crippen LogP contribution < -0.4 is 15.2 Å². The van der Waals surface area contributed by atoms with Gasteiger partial charge in [0.1, 0.15) is 0 Å². The van der Waals surface area contributed by atoms with Crippen molar-refractivity contribution in [2.75, 3.05) is 13.3 Å².